The fourth-order valence-electron chi connectivity index (χ4n) is 0.354. The Kier molecular flexibility index (Phi) is 14.4. The summed E-state index contributed by atoms with van der Waals surface area (Å²) in [7, 11) is 3.38. The summed E-state index contributed by atoms with van der Waals surface area (Å²) in [5.41, 5.74) is 0. The molecule has 11 heavy (non-hydrogen) atoms. The maximum absolute atomic E-state index is 9.43. The van der Waals surface area contributed by atoms with Crippen LogP contribution in [0.15, 0.2) is 0 Å². The first kappa shape index (κ1) is 13.1. The quantitative estimate of drug-likeness (QED) is 0.485. The number of hydrogen-bond acceptors (Lipinski definition) is 2. The molecule has 68 valence electrons. The van der Waals surface area contributed by atoms with Gasteiger partial charge in [0.1, 0.15) is 0 Å². The van der Waals surface area contributed by atoms with Crippen molar-refractivity contribution in [2.24, 2.45) is 0 Å². The summed E-state index contributed by atoms with van der Waals surface area (Å²) in [5, 5.41) is 3.20. The minimum atomic E-state index is 0.750. The molecule has 0 saturated carbocycles. The predicted molar refractivity (Wildman–Crippen MR) is 48.6 cm³/mol. The van der Waals surface area contributed by atoms with Crippen LogP contribution in [0.1, 0.15) is 20.3 Å². The van der Waals surface area contributed by atoms with Crippen molar-refractivity contribution in [3.63, 3.8) is 0 Å². The van der Waals surface area contributed by atoms with E-state index < -0.39 is 0 Å². The van der Waals surface area contributed by atoms with Gasteiger partial charge in [-0.1, -0.05) is 13.8 Å². The Bertz CT molecular complexity index is 70.5. The highest BCUT2D eigenvalue weighted by Crippen LogP contribution is 1.65. The van der Waals surface area contributed by atoms with Crippen molar-refractivity contribution in [1.82, 2.24) is 10.2 Å². The number of nitrogens with zero attached hydrogens (tertiary/aromatic N) is 1. The highest BCUT2D eigenvalue weighted by molar-refractivity contribution is 5.45. The molecule has 0 atom stereocenters. The highest BCUT2D eigenvalue weighted by Gasteiger charge is 1.71. The average Bonchev–Trinajstić information content (AvgIpc) is 2.02. The zero-order valence-corrected chi connectivity index (χ0v) is 8.05. The molecule has 0 aliphatic rings. The Morgan fingerprint density at radius 3 is 1.91 bits per heavy atom. The van der Waals surface area contributed by atoms with E-state index in [2.05, 4.69) is 19.2 Å². The van der Waals surface area contributed by atoms with E-state index in [1.54, 1.807) is 14.1 Å². The van der Waals surface area contributed by atoms with Gasteiger partial charge in [0.05, 0.1) is 0 Å². The average molecular weight is 160 g/mol. The number of carbonyl (C=O) groups is 1. The molecule has 3 nitrogen and oxygen atoms in total. The van der Waals surface area contributed by atoms with Gasteiger partial charge in [-0.2, -0.15) is 0 Å². The van der Waals surface area contributed by atoms with Gasteiger partial charge < -0.3 is 10.2 Å². The molecule has 0 spiro atoms. The first-order valence-electron chi connectivity index (χ1n) is 4.01. The summed E-state index contributed by atoms with van der Waals surface area (Å²) in [5.74, 6) is 0. The lowest BCUT2D eigenvalue weighted by atomic mass is 10.5. The van der Waals surface area contributed by atoms with Crippen LogP contribution in [-0.2, 0) is 4.79 Å². The van der Waals surface area contributed by atoms with Crippen molar-refractivity contribution < 1.29 is 4.79 Å². The number of carbonyl (C=O) groups excluding carboxylic acids is 1. The number of hydrogen-bond donors (Lipinski definition) is 1. The molecule has 0 aliphatic carbocycles. The van der Waals surface area contributed by atoms with Gasteiger partial charge in [-0.15, -0.1) is 0 Å². The van der Waals surface area contributed by atoms with Gasteiger partial charge >= 0.3 is 0 Å². The first-order valence-corrected chi connectivity index (χ1v) is 4.01. The second-order valence-electron chi connectivity index (χ2n) is 2.42. The van der Waals surface area contributed by atoms with E-state index in [0.29, 0.717) is 0 Å². The van der Waals surface area contributed by atoms with Crippen LogP contribution in [0.5, 0.6) is 0 Å². The van der Waals surface area contributed by atoms with Crippen molar-refractivity contribution in [1.29, 1.82) is 0 Å². The Balaban J connectivity index is 0. The maximum atomic E-state index is 9.43. The van der Waals surface area contributed by atoms with E-state index in [-0.39, 0.29) is 0 Å². The van der Waals surface area contributed by atoms with Gasteiger partial charge in [-0.3, -0.25) is 4.79 Å². The molecule has 0 rings (SSSR count). The van der Waals surface area contributed by atoms with Gasteiger partial charge in [0.25, 0.3) is 0 Å². The van der Waals surface area contributed by atoms with Crippen LogP contribution in [0.3, 0.4) is 0 Å². The fraction of sp³-hybridized carbons (Fsp3) is 0.875. The van der Waals surface area contributed by atoms with Crippen LogP contribution in [0.25, 0.3) is 0 Å². The molecule has 0 aromatic carbocycles. The highest BCUT2D eigenvalue weighted by atomic mass is 16.1. The Hall–Kier alpha value is -0.570. The molecule has 0 bridgehead atoms. The molecule has 0 radical (unpaired) electrons. The summed E-state index contributed by atoms with van der Waals surface area (Å²) in [4.78, 5) is 10.9. The predicted octanol–water partition coefficient (Wildman–Crippen LogP) is 0.710. The molecular formula is C8H20N2O. The third-order valence-electron chi connectivity index (χ3n) is 0.888. The standard InChI is InChI=1S/C5H13N.C3H7NO/c1-3-5-6-4-2;1-4(2)3-5/h6H,3-5H2,1-2H3;3H,1-2H3. The molecule has 0 saturated heterocycles. The summed E-state index contributed by atoms with van der Waals surface area (Å²) in [6, 6.07) is 0. The number of amides is 1. The molecule has 0 fully saturated rings. The molecule has 1 N–H and O–H groups in total. The van der Waals surface area contributed by atoms with E-state index in [1.165, 1.54) is 11.3 Å². The van der Waals surface area contributed by atoms with Crippen LogP contribution in [-0.4, -0.2) is 38.5 Å². The van der Waals surface area contributed by atoms with Gasteiger partial charge in [-0.05, 0) is 19.5 Å². The van der Waals surface area contributed by atoms with Crippen LogP contribution in [0, 0.1) is 0 Å². The van der Waals surface area contributed by atoms with Crippen LogP contribution in [0.2, 0.25) is 0 Å². The summed E-state index contributed by atoms with van der Waals surface area (Å²) in [6.07, 6.45) is 1.99. The third kappa shape index (κ3) is 26.5. The van der Waals surface area contributed by atoms with Crippen LogP contribution < -0.4 is 5.32 Å². The number of nitrogens with one attached hydrogen (secondary N) is 1. The number of rotatable bonds is 4. The lowest BCUT2D eigenvalue weighted by Crippen LogP contribution is -2.12. The summed E-state index contributed by atoms with van der Waals surface area (Å²) in [6.45, 7) is 6.56. The van der Waals surface area contributed by atoms with Crippen LogP contribution in [0.4, 0.5) is 0 Å². The Labute approximate surface area is 69.8 Å². The SMILES string of the molecule is CCCNCC.CN(C)C=O. The summed E-state index contributed by atoms with van der Waals surface area (Å²) >= 11 is 0. The van der Waals surface area contributed by atoms with Crippen molar-refractivity contribution in [2.45, 2.75) is 20.3 Å². The molecule has 1 amide bonds. The van der Waals surface area contributed by atoms with Crippen molar-refractivity contribution in [3.8, 4) is 0 Å². The second-order valence-corrected chi connectivity index (χ2v) is 2.42. The van der Waals surface area contributed by atoms with E-state index in [0.717, 1.165) is 19.5 Å². The maximum Gasteiger partial charge on any atom is 0.209 e. The Morgan fingerprint density at radius 1 is 1.36 bits per heavy atom. The van der Waals surface area contributed by atoms with Gasteiger partial charge in [0.2, 0.25) is 6.41 Å². The molecule has 0 aromatic heterocycles. The zero-order chi connectivity index (χ0) is 9.11. The minimum absolute atomic E-state index is 0.750. The molecule has 3 heteroatoms. The molecule has 0 unspecified atom stereocenters. The topological polar surface area (TPSA) is 32.3 Å². The fourth-order valence-corrected chi connectivity index (χ4v) is 0.354. The van der Waals surface area contributed by atoms with Crippen molar-refractivity contribution >= 4 is 6.41 Å². The first-order chi connectivity index (χ1) is 5.18. The monoisotopic (exact) mass is 160 g/mol. The smallest absolute Gasteiger partial charge is 0.209 e. The second kappa shape index (κ2) is 12.1. The molecule has 0 aromatic rings. The van der Waals surface area contributed by atoms with Gasteiger partial charge in [0, 0.05) is 14.1 Å². The lowest BCUT2D eigenvalue weighted by Gasteiger charge is -1.93. The van der Waals surface area contributed by atoms with Gasteiger partial charge in [0.15, 0.2) is 0 Å². The Morgan fingerprint density at radius 2 is 1.82 bits per heavy atom. The zero-order valence-electron chi connectivity index (χ0n) is 8.05. The van der Waals surface area contributed by atoms with E-state index in [4.69, 9.17) is 0 Å². The van der Waals surface area contributed by atoms with E-state index in [1.807, 2.05) is 0 Å². The van der Waals surface area contributed by atoms with E-state index in [9.17, 15) is 4.79 Å². The largest absolute Gasteiger partial charge is 0.351 e. The molecular weight excluding hydrogens is 140 g/mol. The van der Waals surface area contributed by atoms with Gasteiger partial charge in [-0.25, -0.2) is 0 Å². The normalized spacial score (nSPS) is 8.00. The minimum Gasteiger partial charge on any atom is -0.351 e. The molecule has 0 heterocycles. The van der Waals surface area contributed by atoms with Crippen molar-refractivity contribution in [2.75, 3.05) is 27.2 Å². The van der Waals surface area contributed by atoms with Crippen molar-refractivity contribution in [3.05, 3.63) is 0 Å². The molecule has 0 aliphatic heterocycles. The lowest BCUT2D eigenvalue weighted by molar-refractivity contribution is -0.115. The van der Waals surface area contributed by atoms with E-state index >= 15 is 0 Å². The van der Waals surface area contributed by atoms with Crippen LogP contribution >= 0.6 is 0 Å². The summed E-state index contributed by atoms with van der Waals surface area (Å²) < 4.78 is 0. The third-order valence-corrected chi connectivity index (χ3v) is 0.888.